The zero-order valence-electron chi connectivity index (χ0n) is 19.8. The molecule has 0 aromatic heterocycles. The SMILES string of the molecule is COc1ccc(C(O)=C2C(=O)C(=O)N(CC[NH+]3CCOCC3)C2c2ccccc2OC)c(C)c1. The number of hydrogen-bond acceptors (Lipinski definition) is 6. The average molecular weight is 468 g/mol. The number of Topliss-reactive ketones (excluding diaryl/α,β-unsaturated/α-hetero) is 1. The molecular formula is C26H31N2O6+. The van der Waals surface area contributed by atoms with Gasteiger partial charge in [-0.1, -0.05) is 18.2 Å². The molecule has 2 fully saturated rings. The van der Waals surface area contributed by atoms with Gasteiger partial charge in [-0.3, -0.25) is 9.59 Å². The summed E-state index contributed by atoms with van der Waals surface area (Å²) in [7, 11) is 3.12. The quantitative estimate of drug-likeness (QED) is 0.363. The Kier molecular flexibility index (Phi) is 7.19. The molecule has 0 radical (unpaired) electrons. The molecule has 0 saturated carbocycles. The van der Waals surface area contributed by atoms with Gasteiger partial charge in [-0.25, -0.2) is 0 Å². The molecule has 2 N–H and O–H groups in total. The number of morpholine rings is 1. The lowest BCUT2D eigenvalue weighted by Crippen LogP contribution is -3.14. The second-order valence-corrected chi connectivity index (χ2v) is 8.53. The second-order valence-electron chi connectivity index (χ2n) is 8.53. The monoisotopic (exact) mass is 467 g/mol. The Balaban J connectivity index is 1.79. The van der Waals surface area contributed by atoms with E-state index in [0.29, 0.717) is 48.9 Å². The summed E-state index contributed by atoms with van der Waals surface area (Å²) in [5.41, 5.74) is 1.95. The topological polar surface area (TPSA) is 89.7 Å². The number of quaternary nitrogens is 1. The van der Waals surface area contributed by atoms with Crippen LogP contribution in [0, 0.1) is 6.92 Å². The van der Waals surface area contributed by atoms with Gasteiger partial charge in [0, 0.05) is 11.1 Å². The molecular weight excluding hydrogens is 436 g/mol. The number of aryl methyl sites for hydroxylation is 1. The predicted molar refractivity (Wildman–Crippen MR) is 126 cm³/mol. The number of ketones is 1. The first kappa shape index (κ1) is 23.8. The minimum Gasteiger partial charge on any atom is -0.507 e. The fraction of sp³-hybridized carbons (Fsp3) is 0.385. The van der Waals surface area contributed by atoms with E-state index in [1.165, 1.54) is 4.90 Å². The van der Waals surface area contributed by atoms with Crippen molar-refractivity contribution < 1.29 is 33.8 Å². The predicted octanol–water partition coefficient (Wildman–Crippen LogP) is 1.35. The number of carbonyl (C=O) groups is 2. The van der Waals surface area contributed by atoms with Gasteiger partial charge >= 0.3 is 0 Å². The summed E-state index contributed by atoms with van der Waals surface area (Å²) < 4.78 is 16.3. The van der Waals surface area contributed by atoms with Gasteiger partial charge in [0.15, 0.2) is 0 Å². The van der Waals surface area contributed by atoms with Crippen LogP contribution in [0.5, 0.6) is 11.5 Å². The third kappa shape index (κ3) is 4.51. The Morgan fingerprint density at radius 1 is 1.12 bits per heavy atom. The number of aliphatic hydroxyl groups excluding tert-OH is 1. The molecule has 2 saturated heterocycles. The maximum atomic E-state index is 13.3. The molecule has 2 aliphatic heterocycles. The fourth-order valence-corrected chi connectivity index (χ4v) is 4.69. The number of hydrogen-bond donors (Lipinski definition) is 2. The third-order valence-corrected chi connectivity index (χ3v) is 6.57. The van der Waals surface area contributed by atoms with Crippen LogP contribution in [-0.4, -0.2) is 75.3 Å². The number of likely N-dealkylation sites (tertiary alicyclic amines) is 1. The van der Waals surface area contributed by atoms with Crippen molar-refractivity contribution in [2.24, 2.45) is 0 Å². The number of aliphatic hydroxyl groups is 1. The molecule has 0 bridgehead atoms. The minimum atomic E-state index is -0.752. The largest absolute Gasteiger partial charge is 0.507 e. The Hall–Kier alpha value is -3.36. The molecule has 1 amide bonds. The lowest BCUT2D eigenvalue weighted by Gasteiger charge is -2.29. The summed E-state index contributed by atoms with van der Waals surface area (Å²) in [6.07, 6.45) is 0. The first-order valence-corrected chi connectivity index (χ1v) is 11.4. The highest BCUT2D eigenvalue weighted by atomic mass is 16.5. The molecule has 1 unspecified atom stereocenters. The Morgan fingerprint density at radius 2 is 1.85 bits per heavy atom. The van der Waals surface area contributed by atoms with Crippen molar-refractivity contribution in [3.8, 4) is 11.5 Å². The first-order valence-electron chi connectivity index (χ1n) is 11.4. The van der Waals surface area contributed by atoms with E-state index in [4.69, 9.17) is 14.2 Å². The molecule has 2 aromatic carbocycles. The van der Waals surface area contributed by atoms with E-state index in [0.717, 1.165) is 18.7 Å². The number of rotatable bonds is 7. The van der Waals surface area contributed by atoms with Gasteiger partial charge in [0.2, 0.25) is 0 Å². The van der Waals surface area contributed by atoms with Gasteiger partial charge in [0.25, 0.3) is 11.7 Å². The summed E-state index contributed by atoms with van der Waals surface area (Å²) in [6, 6.07) is 11.7. The summed E-state index contributed by atoms with van der Waals surface area (Å²) in [5, 5.41) is 11.4. The summed E-state index contributed by atoms with van der Waals surface area (Å²) in [6.45, 7) is 5.96. The fourth-order valence-electron chi connectivity index (χ4n) is 4.69. The summed E-state index contributed by atoms with van der Waals surface area (Å²) >= 11 is 0. The molecule has 2 aliphatic rings. The molecule has 2 heterocycles. The van der Waals surface area contributed by atoms with E-state index >= 15 is 0 Å². The molecule has 8 heteroatoms. The molecule has 8 nitrogen and oxygen atoms in total. The molecule has 0 aliphatic carbocycles. The molecule has 1 atom stereocenters. The van der Waals surface area contributed by atoms with E-state index in [-0.39, 0.29) is 11.3 Å². The highest BCUT2D eigenvalue weighted by Crippen LogP contribution is 2.42. The Labute approximate surface area is 199 Å². The van der Waals surface area contributed by atoms with Crippen LogP contribution >= 0.6 is 0 Å². The van der Waals surface area contributed by atoms with Crippen LogP contribution in [0.3, 0.4) is 0 Å². The molecule has 34 heavy (non-hydrogen) atoms. The summed E-state index contributed by atoms with van der Waals surface area (Å²) in [4.78, 5) is 29.4. The lowest BCUT2D eigenvalue weighted by molar-refractivity contribution is -0.907. The van der Waals surface area contributed by atoms with Crippen molar-refractivity contribution in [3.05, 3.63) is 64.7 Å². The minimum absolute atomic E-state index is 0.0692. The average Bonchev–Trinajstić information content (AvgIpc) is 3.12. The molecule has 2 aromatic rings. The standard InChI is InChI=1S/C26H30N2O6/c1-17-16-18(32-2)8-9-19(17)24(29)22-23(20-6-4-5-7-21(20)33-3)28(26(31)25(22)30)11-10-27-12-14-34-15-13-27/h4-9,16,23,29H,10-15H2,1-3H3/p+1. The van der Waals surface area contributed by atoms with Crippen LogP contribution < -0.4 is 14.4 Å². The number of para-hydroxylation sites is 1. The van der Waals surface area contributed by atoms with Crippen LogP contribution in [0.25, 0.3) is 5.76 Å². The molecule has 180 valence electrons. The zero-order chi connectivity index (χ0) is 24.2. The molecule has 4 rings (SSSR count). The van der Waals surface area contributed by atoms with Crippen LogP contribution in [0.15, 0.2) is 48.0 Å². The maximum absolute atomic E-state index is 13.3. The van der Waals surface area contributed by atoms with Crippen molar-refractivity contribution >= 4 is 17.4 Å². The van der Waals surface area contributed by atoms with Gasteiger partial charge in [0.1, 0.15) is 30.3 Å². The zero-order valence-corrected chi connectivity index (χ0v) is 19.8. The third-order valence-electron chi connectivity index (χ3n) is 6.57. The number of ether oxygens (including phenoxy) is 3. The van der Waals surface area contributed by atoms with Gasteiger partial charge in [-0.2, -0.15) is 0 Å². The van der Waals surface area contributed by atoms with Crippen molar-refractivity contribution in [2.45, 2.75) is 13.0 Å². The Morgan fingerprint density at radius 3 is 2.53 bits per heavy atom. The lowest BCUT2D eigenvalue weighted by atomic mass is 9.93. The Bertz CT molecular complexity index is 1110. The van der Waals surface area contributed by atoms with E-state index in [2.05, 4.69) is 0 Å². The number of nitrogens with zero attached hydrogens (tertiary/aromatic N) is 1. The van der Waals surface area contributed by atoms with Crippen molar-refractivity contribution in [1.29, 1.82) is 0 Å². The van der Waals surface area contributed by atoms with E-state index in [1.54, 1.807) is 43.4 Å². The number of methoxy groups -OCH3 is 2. The van der Waals surface area contributed by atoms with Crippen LogP contribution in [-0.2, 0) is 14.3 Å². The van der Waals surface area contributed by atoms with Crippen molar-refractivity contribution in [3.63, 3.8) is 0 Å². The van der Waals surface area contributed by atoms with Crippen molar-refractivity contribution in [2.75, 3.05) is 53.6 Å². The van der Waals surface area contributed by atoms with Gasteiger partial charge in [-0.05, 0) is 36.8 Å². The van der Waals surface area contributed by atoms with E-state index in [9.17, 15) is 14.7 Å². The van der Waals surface area contributed by atoms with E-state index < -0.39 is 17.7 Å². The molecule has 0 spiro atoms. The van der Waals surface area contributed by atoms with Crippen LogP contribution in [0.2, 0.25) is 0 Å². The summed E-state index contributed by atoms with van der Waals surface area (Å²) in [5.74, 6) is -0.313. The van der Waals surface area contributed by atoms with Crippen molar-refractivity contribution in [1.82, 2.24) is 4.90 Å². The highest BCUT2D eigenvalue weighted by Gasteiger charge is 2.47. The maximum Gasteiger partial charge on any atom is 0.295 e. The second kappa shape index (κ2) is 10.3. The van der Waals surface area contributed by atoms with Crippen LogP contribution in [0.1, 0.15) is 22.7 Å². The first-order chi connectivity index (χ1) is 16.5. The number of amides is 1. The normalized spacial score (nSPS) is 20.6. The van der Waals surface area contributed by atoms with Gasteiger partial charge in [0.05, 0.1) is 52.1 Å². The van der Waals surface area contributed by atoms with Gasteiger partial charge < -0.3 is 29.1 Å². The smallest absolute Gasteiger partial charge is 0.295 e. The van der Waals surface area contributed by atoms with Crippen LogP contribution in [0.4, 0.5) is 0 Å². The van der Waals surface area contributed by atoms with E-state index in [1.807, 2.05) is 25.1 Å². The number of nitrogens with one attached hydrogen (secondary N) is 1. The number of benzene rings is 2. The number of carbonyl (C=O) groups excluding carboxylic acids is 2. The highest BCUT2D eigenvalue weighted by molar-refractivity contribution is 6.46. The van der Waals surface area contributed by atoms with Gasteiger partial charge in [-0.15, -0.1) is 0 Å².